The Morgan fingerprint density at radius 1 is 1.27 bits per heavy atom. The van der Waals surface area contributed by atoms with Gasteiger partial charge in [-0.15, -0.1) is 0 Å². The van der Waals surface area contributed by atoms with Gasteiger partial charge in [0, 0.05) is 5.56 Å². The van der Waals surface area contributed by atoms with Gasteiger partial charge in [-0.25, -0.2) is 5.90 Å². The van der Waals surface area contributed by atoms with Crippen molar-refractivity contribution in [1.82, 2.24) is 0 Å². The van der Waals surface area contributed by atoms with Gasteiger partial charge in [-0.1, -0.05) is 11.6 Å². The topological polar surface area (TPSA) is 53.7 Å². The molecule has 0 fully saturated rings. The van der Waals surface area contributed by atoms with Crippen LogP contribution in [0.25, 0.3) is 0 Å². The molecule has 4 nitrogen and oxygen atoms in total. The monoisotopic (exact) mass is 231 g/mol. The second-order valence-electron chi connectivity index (χ2n) is 3.03. The van der Waals surface area contributed by atoms with E-state index in [-0.39, 0.29) is 6.61 Å². The number of benzene rings is 1. The number of hydrogen-bond acceptors (Lipinski definition) is 4. The van der Waals surface area contributed by atoms with Crippen LogP contribution in [0.15, 0.2) is 6.07 Å². The second kappa shape index (κ2) is 5.21. The van der Waals surface area contributed by atoms with Crippen LogP contribution < -0.4 is 15.4 Å². The fourth-order valence-corrected chi connectivity index (χ4v) is 1.76. The zero-order chi connectivity index (χ0) is 11.4. The van der Waals surface area contributed by atoms with Crippen molar-refractivity contribution in [2.45, 2.75) is 13.5 Å². The van der Waals surface area contributed by atoms with Crippen molar-refractivity contribution in [3.05, 3.63) is 22.2 Å². The fourth-order valence-electron chi connectivity index (χ4n) is 1.44. The summed E-state index contributed by atoms with van der Waals surface area (Å²) in [5.41, 5.74) is 1.78. The van der Waals surface area contributed by atoms with Crippen LogP contribution in [0.2, 0.25) is 5.02 Å². The first-order chi connectivity index (χ1) is 7.15. The van der Waals surface area contributed by atoms with Crippen LogP contribution in [-0.2, 0) is 11.4 Å². The van der Waals surface area contributed by atoms with Crippen LogP contribution in [0.5, 0.6) is 11.5 Å². The number of hydrogen-bond donors (Lipinski definition) is 1. The van der Waals surface area contributed by atoms with Gasteiger partial charge in [0.2, 0.25) is 0 Å². The minimum absolute atomic E-state index is 0.253. The predicted molar refractivity (Wildman–Crippen MR) is 58.3 cm³/mol. The Kier molecular flexibility index (Phi) is 4.20. The van der Waals surface area contributed by atoms with E-state index >= 15 is 0 Å². The summed E-state index contributed by atoms with van der Waals surface area (Å²) in [6.45, 7) is 2.16. The highest BCUT2D eigenvalue weighted by molar-refractivity contribution is 6.32. The molecule has 15 heavy (non-hydrogen) atoms. The average Bonchev–Trinajstić information content (AvgIpc) is 2.21. The van der Waals surface area contributed by atoms with E-state index < -0.39 is 0 Å². The quantitative estimate of drug-likeness (QED) is 0.806. The fraction of sp³-hybridized carbons (Fsp3) is 0.400. The molecular weight excluding hydrogens is 218 g/mol. The molecule has 1 aromatic carbocycles. The van der Waals surface area contributed by atoms with E-state index in [9.17, 15) is 0 Å². The molecule has 0 aliphatic heterocycles. The van der Waals surface area contributed by atoms with Crippen LogP contribution in [0.1, 0.15) is 11.1 Å². The Hall–Kier alpha value is -0.970. The molecule has 0 aromatic heterocycles. The Morgan fingerprint density at radius 3 is 2.33 bits per heavy atom. The molecule has 0 aliphatic rings. The molecule has 0 saturated carbocycles. The summed E-state index contributed by atoms with van der Waals surface area (Å²) in [6, 6.07) is 1.79. The third-order valence-corrected chi connectivity index (χ3v) is 2.43. The standard InChI is InChI=1S/C10H14ClNO3/c1-6-4-8(11)10(14-3)9(13-2)7(6)5-15-12/h4H,5,12H2,1-3H3. The van der Waals surface area contributed by atoms with E-state index in [2.05, 4.69) is 4.84 Å². The SMILES string of the molecule is COc1c(Cl)cc(C)c(CON)c1OC. The maximum absolute atomic E-state index is 6.01. The molecule has 0 saturated heterocycles. The summed E-state index contributed by atoms with van der Waals surface area (Å²) >= 11 is 6.01. The van der Waals surface area contributed by atoms with Crippen LogP contribution in [0.3, 0.4) is 0 Å². The molecule has 2 N–H and O–H groups in total. The largest absolute Gasteiger partial charge is 0.492 e. The summed E-state index contributed by atoms with van der Waals surface area (Å²) in [6.07, 6.45) is 0. The maximum Gasteiger partial charge on any atom is 0.179 e. The third-order valence-electron chi connectivity index (χ3n) is 2.15. The third kappa shape index (κ3) is 2.34. The predicted octanol–water partition coefficient (Wildman–Crippen LogP) is 2.06. The minimum Gasteiger partial charge on any atom is -0.492 e. The Morgan fingerprint density at radius 2 is 1.87 bits per heavy atom. The molecule has 0 unspecified atom stereocenters. The highest BCUT2D eigenvalue weighted by atomic mass is 35.5. The van der Waals surface area contributed by atoms with Gasteiger partial charge < -0.3 is 9.47 Å². The van der Waals surface area contributed by atoms with E-state index in [1.165, 1.54) is 7.11 Å². The van der Waals surface area contributed by atoms with Gasteiger partial charge in [-0.2, -0.15) is 0 Å². The first kappa shape index (κ1) is 12.1. The van der Waals surface area contributed by atoms with Crippen molar-refractivity contribution in [2.24, 2.45) is 5.90 Å². The molecule has 1 aromatic rings. The Labute approximate surface area is 93.8 Å². The van der Waals surface area contributed by atoms with E-state index in [4.69, 9.17) is 27.0 Å². The maximum atomic E-state index is 6.01. The molecule has 1 rings (SSSR count). The summed E-state index contributed by atoms with van der Waals surface area (Å²) in [7, 11) is 3.08. The normalized spacial score (nSPS) is 10.2. The lowest BCUT2D eigenvalue weighted by atomic mass is 10.1. The number of halogens is 1. The van der Waals surface area contributed by atoms with E-state index in [0.717, 1.165) is 11.1 Å². The Bertz CT molecular complexity index is 355. The highest BCUT2D eigenvalue weighted by Crippen LogP contribution is 2.39. The first-order valence-corrected chi connectivity index (χ1v) is 4.75. The van der Waals surface area contributed by atoms with E-state index in [1.807, 2.05) is 6.92 Å². The molecule has 5 heteroatoms. The van der Waals surface area contributed by atoms with E-state index in [1.54, 1.807) is 13.2 Å². The zero-order valence-electron chi connectivity index (χ0n) is 8.96. The zero-order valence-corrected chi connectivity index (χ0v) is 9.72. The molecule has 0 radical (unpaired) electrons. The van der Waals surface area contributed by atoms with Crippen molar-refractivity contribution in [3.63, 3.8) is 0 Å². The summed E-state index contributed by atoms with van der Waals surface area (Å²) in [5.74, 6) is 6.11. The molecule has 0 amide bonds. The van der Waals surface area contributed by atoms with Crippen LogP contribution in [0, 0.1) is 6.92 Å². The van der Waals surface area contributed by atoms with Crippen LogP contribution >= 0.6 is 11.6 Å². The summed E-state index contributed by atoms with van der Waals surface area (Å²) in [5, 5.41) is 0.507. The Balaban J connectivity index is 3.35. The number of rotatable bonds is 4. The van der Waals surface area contributed by atoms with Gasteiger partial charge in [0.25, 0.3) is 0 Å². The summed E-state index contributed by atoms with van der Waals surface area (Å²) in [4.78, 5) is 4.61. The highest BCUT2D eigenvalue weighted by Gasteiger charge is 2.16. The molecule has 84 valence electrons. The smallest absolute Gasteiger partial charge is 0.179 e. The molecule has 0 aliphatic carbocycles. The van der Waals surface area contributed by atoms with Gasteiger partial charge >= 0.3 is 0 Å². The number of ether oxygens (including phenoxy) is 2. The molecular formula is C10H14ClNO3. The van der Waals surface area contributed by atoms with Crippen molar-refractivity contribution >= 4 is 11.6 Å². The molecule has 0 heterocycles. The summed E-state index contributed by atoms with van der Waals surface area (Å²) < 4.78 is 10.4. The average molecular weight is 232 g/mol. The number of aryl methyl sites for hydroxylation is 1. The van der Waals surface area contributed by atoms with Gasteiger partial charge in [0.15, 0.2) is 11.5 Å². The van der Waals surface area contributed by atoms with Crippen molar-refractivity contribution < 1.29 is 14.3 Å². The lowest BCUT2D eigenvalue weighted by molar-refractivity contribution is 0.121. The van der Waals surface area contributed by atoms with Gasteiger partial charge in [-0.05, 0) is 18.6 Å². The van der Waals surface area contributed by atoms with Gasteiger partial charge in [-0.3, -0.25) is 4.84 Å². The number of methoxy groups -OCH3 is 2. The lowest BCUT2D eigenvalue weighted by Gasteiger charge is -2.15. The van der Waals surface area contributed by atoms with Gasteiger partial charge in [0.1, 0.15) is 0 Å². The lowest BCUT2D eigenvalue weighted by Crippen LogP contribution is -2.04. The molecule has 0 bridgehead atoms. The first-order valence-electron chi connectivity index (χ1n) is 4.37. The molecule has 0 atom stereocenters. The van der Waals surface area contributed by atoms with Gasteiger partial charge in [0.05, 0.1) is 25.8 Å². The van der Waals surface area contributed by atoms with Crippen molar-refractivity contribution in [1.29, 1.82) is 0 Å². The van der Waals surface area contributed by atoms with Crippen LogP contribution in [0.4, 0.5) is 0 Å². The molecule has 0 spiro atoms. The minimum atomic E-state index is 0.253. The van der Waals surface area contributed by atoms with Crippen LogP contribution in [-0.4, -0.2) is 14.2 Å². The number of nitrogens with two attached hydrogens (primary N) is 1. The van der Waals surface area contributed by atoms with E-state index in [0.29, 0.717) is 16.5 Å². The van der Waals surface area contributed by atoms with Crippen molar-refractivity contribution in [2.75, 3.05) is 14.2 Å². The van der Waals surface area contributed by atoms with Crippen molar-refractivity contribution in [3.8, 4) is 11.5 Å². The second-order valence-corrected chi connectivity index (χ2v) is 3.44.